The molecule has 25 heavy (non-hydrogen) atoms. The van der Waals surface area contributed by atoms with Crippen LogP contribution in [0.2, 0.25) is 0 Å². The SMILES string of the molecule is O=C(O)[C@H]1O[C@H](O[C@@H]2[C@H](O)[C@@H](O)[C@@H](O)O[C@@H]2C(=O)O)[C@H](O)[C@@H](O)[C@@H]1O. The van der Waals surface area contributed by atoms with Gasteiger partial charge in [0, 0.05) is 0 Å². The minimum atomic E-state index is -2.03. The van der Waals surface area contributed by atoms with Crippen LogP contribution in [-0.2, 0) is 23.8 Å². The van der Waals surface area contributed by atoms with E-state index >= 15 is 0 Å². The van der Waals surface area contributed by atoms with Gasteiger partial charge in [0.15, 0.2) is 24.8 Å². The van der Waals surface area contributed by atoms with Crippen LogP contribution < -0.4 is 0 Å². The third-order valence-electron chi connectivity index (χ3n) is 3.91. The standard InChI is InChI=1S/C12H18O13/c13-1-2(14)7(9(18)19)25-12(5(1)17)24-6-3(15)4(16)11(22)23-8(6)10(20)21/h1-8,11-17,22H,(H,18,19)(H,20,21)/t1-,2-,3+,4+,5+,6+,7-,8-,11-,12-/m0/s1. The molecule has 8 N–H and O–H groups in total. The lowest BCUT2D eigenvalue weighted by atomic mass is 9.96. The first-order valence-corrected chi connectivity index (χ1v) is 7.06. The largest absolute Gasteiger partial charge is 0.479 e. The molecule has 2 aliphatic heterocycles. The van der Waals surface area contributed by atoms with E-state index in [1.807, 2.05) is 0 Å². The number of aliphatic hydroxyl groups is 6. The topological polar surface area (TPSA) is 224 Å². The summed E-state index contributed by atoms with van der Waals surface area (Å²) in [5.74, 6) is -3.39. The van der Waals surface area contributed by atoms with Crippen molar-refractivity contribution in [3.63, 3.8) is 0 Å². The van der Waals surface area contributed by atoms with Gasteiger partial charge >= 0.3 is 11.9 Å². The Hall–Kier alpha value is -1.42. The van der Waals surface area contributed by atoms with E-state index in [1.54, 1.807) is 0 Å². The highest BCUT2D eigenvalue weighted by Gasteiger charge is 2.53. The Kier molecular flexibility index (Phi) is 5.93. The zero-order valence-electron chi connectivity index (χ0n) is 12.4. The number of hydrogen-bond donors (Lipinski definition) is 8. The maximum atomic E-state index is 11.2. The quantitative estimate of drug-likeness (QED) is 0.232. The van der Waals surface area contributed by atoms with Crippen molar-refractivity contribution in [1.82, 2.24) is 0 Å². The van der Waals surface area contributed by atoms with E-state index < -0.39 is 73.4 Å². The minimum absolute atomic E-state index is 1.70. The van der Waals surface area contributed by atoms with Gasteiger partial charge in [-0.05, 0) is 0 Å². The van der Waals surface area contributed by atoms with E-state index in [2.05, 4.69) is 4.74 Å². The molecule has 0 spiro atoms. The molecular formula is C12H18O13. The molecule has 2 heterocycles. The lowest BCUT2D eigenvalue weighted by molar-refractivity contribution is -0.346. The fourth-order valence-electron chi connectivity index (χ4n) is 2.52. The molecule has 2 saturated heterocycles. The Morgan fingerprint density at radius 2 is 1.24 bits per heavy atom. The molecule has 0 aromatic carbocycles. The molecule has 2 rings (SSSR count). The van der Waals surface area contributed by atoms with E-state index in [-0.39, 0.29) is 0 Å². The lowest BCUT2D eigenvalue weighted by Crippen LogP contribution is -2.65. The molecule has 0 aliphatic carbocycles. The number of rotatable bonds is 4. The molecular weight excluding hydrogens is 352 g/mol. The van der Waals surface area contributed by atoms with Crippen molar-refractivity contribution in [2.75, 3.05) is 0 Å². The van der Waals surface area contributed by atoms with Crippen molar-refractivity contribution in [3.8, 4) is 0 Å². The highest BCUT2D eigenvalue weighted by molar-refractivity contribution is 5.74. The zero-order chi connectivity index (χ0) is 19.0. The van der Waals surface area contributed by atoms with Crippen LogP contribution in [-0.4, -0.2) is 114 Å². The van der Waals surface area contributed by atoms with Gasteiger partial charge in [0.25, 0.3) is 0 Å². The lowest BCUT2D eigenvalue weighted by Gasteiger charge is -2.44. The predicted octanol–water partition coefficient (Wildman–Crippen LogP) is -5.21. The number of aliphatic hydroxyl groups excluding tert-OH is 6. The van der Waals surface area contributed by atoms with E-state index in [4.69, 9.17) is 19.7 Å². The molecule has 10 atom stereocenters. The summed E-state index contributed by atoms with van der Waals surface area (Å²) >= 11 is 0. The third kappa shape index (κ3) is 3.74. The fraction of sp³-hybridized carbons (Fsp3) is 0.833. The van der Waals surface area contributed by atoms with Gasteiger partial charge in [-0.1, -0.05) is 0 Å². The van der Waals surface area contributed by atoms with Crippen molar-refractivity contribution in [2.24, 2.45) is 0 Å². The smallest absolute Gasteiger partial charge is 0.335 e. The number of carboxylic acid groups (broad SMARTS) is 2. The van der Waals surface area contributed by atoms with Gasteiger partial charge in [0.1, 0.15) is 36.6 Å². The highest BCUT2D eigenvalue weighted by atomic mass is 16.7. The summed E-state index contributed by atoms with van der Waals surface area (Å²) in [6.45, 7) is 0. The molecule has 2 aliphatic rings. The highest BCUT2D eigenvalue weighted by Crippen LogP contribution is 2.28. The summed E-state index contributed by atoms with van der Waals surface area (Å²) in [5, 5.41) is 75.9. The molecule has 0 aromatic heterocycles. The summed E-state index contributed by atoms with van der Waals surface area (Å²) in [5.41, 5.74) is 0. The maximum Gasteiger partial charge on any atom is 0.335 e. The Bertz CT molecular complexity index is 511. The molecule has 13 nitrogen and oxygen atoms in total. The molecule has 0 saturated carbocycles. The molecule has 0 aromatic rings. The monoisotopic (exact) mass is 370 g/mol. The summed E-state index contributed by atoms with van der Waals surface area (Å²) < 4.78 is 14.4. The zero-order valence-corrected chi connectivity index (χ0v) is 12.4. The van der Waals surface area contributed by atoms with Gasteiger partial charge in [0.05, 0.1) is 0 Å². The van der Waals surface area contributed by atoms with Crippen LogP contribution in [0.15, 0.2) is 0 Å². The second kappa shape index (κ2) is 7.45. The van der Waals surface area contributed by atoms with E-state index in [0.717, 1.165) is 0 Å². The normalized spacial score (nSPS) is 48.1. The molecule has 0 unspecified atom stereocenters. The van der Waals surface area contributed by atoms with Gasteiger partial charge in [-0.25, -0.2) is 9.59 Å². The van der Waals surface area contributed by atoms with Crippen molar-refractivity contribution in [1.29, 1.82) is 0 Å². The second-order valence-corrected chi connectivity index (χ2v) is 5.60. The number of hydrogen-bond acceptors (Lipinski definition) is 11. The van der Waals surface area contributed by atoms with Crippen molar-refractivity contribution >= 4 is 11.9 Å². The predicted molar refractivity (Wildman–Crippen MR) is 69.7 cm³/mol. The molecule has 2 fully saturated rings. The van der Waals surface area contributed by atoms with Gasteiger partial charge in [-0.3, -0.25) is 0 Å². The molecule has 0 radical (unpaired) electrons. The second-order valence-electron chi connectivity index (χ2n) is 5.60. The Morgan fingerprint density at radius 3 is 1.76 bits per heavy atom. The average molecular weight is 370 g/mol. The van der Waals surface area contributed by atoms with Crippen LogP contribution >= 0.6 is 0 Å². The number of carbonyl (C=O) groups is 2. The number of aliphatic carboxylic acids is 2. The van der Waals surface area contributed by atoms with Crippen LogP contribution in [0, 0.1) is 0 Å². The van der Waals surface area contributed by atoms with Crippen LogP contribution in [0.3, 0.4) is 0 Å². The van der Waals surface area contributed by atoms with Gasteiger partial charge in [-0.2, -0.15) is 0 Å². The van der Waals surface area contributed by atoms with Crippen molar-refractivity contribution in [3.05, 3.63) is 0 Å². The minimum Gasteiger partial charge on any atom is -0.479 e. The Morgan fingerprint density at radius 1 is 0.680 bits per heavy atom. The van der Waals surface area contributed by atoms with Gasteiger partial charge in [-0.15, -0.1) is 0 Å². The number of carboxylic acids is 2. The molecule has 0 bridgehead atoms. The van der Waals surface area contributed by atoms with Crippen LogP contribution in [0.4, 0.5) is 0 Å². The summed E-state index contributed by atoms with van der Waals surface area (Å²) in [6, 6.07) is 0. The van der Waals surface area contributed by atoms with Crippen molar-refractivity contribution < 1.29 is 64.7 Å². The van der Waals surface area contributed by atoms with E-state index in [1.165, 1.54) is 0 Å². The van der Waals surface area contributed by atoms with Crippen molar-refractivity contribution in [2.45, 2.75) is 61.4 Å². The first-order valence-electron chi connectivity index (χ1n) is 7.06. The van der Waals surface area contributed by atoms with Crippen LogP contribution in [0.1, 0.15) is 0 Å². The summed E-state index contributed by atoms with van der Waals surface area (Å²) in [7, 11) is 0. The average Bonchev–Trinajstić information content (AvgIpc) is 2.54. The van der Waals surface area contributed by atoms with Crippen LogP contribution in [0.25, 0.3) is 0 Å². The van der Waals surface area contributed by atoms with E-state index in [0.29, 0.717) is 0 Å². The fourth-order valence-corrected chi connectivity index (χ4v) is 2.52. The first kappa shape index (κ1) is 19.9. The molecule has 0 amide bonds. The van der Waals surface area contributed by atoms with Gasteiger partial charge in [0.2, 0.25) is 0 Å². The Balaban J connectivity index is 2.22. The van der Waals surface area contributed by atoms with E-state index in [9.17, 15) is 40.2 Å². The first-order chi connectivity index (χ1) is 11.6. The summed E-state index contributed by atoms with van der Waals surface area (Å²) in [6.07, 6.45) is -19.9. The Labute approximate surface area is 139 Å². The molecule has 144 valence electrons. The molecule has 13 heteroatoms. The number of ether oxygens (including phenoxy) is 3. The van der Waals surface area contributed by atoms with Crippen LogP contribution in [0.5, 0.6) is 0 Å². The summed E-state index contributed by atoms with van der Waals surface area (Å²) in [4.78, 5) is 22.2. The third-order valence-corrected chi connectivity index (χ3v) is 3.91. The van der Waals surface area contributed by atoms with Gasteiger partial charge < -0.3 is 55.1 Å². The maximum absolute atomic E-state index is 11.2.